The monoisotopic (exact) mass is 254 g/mol. The van der Waals surface area contributed by atoms with Crippen LogP contribution in [-0.2, 0) is 4.79 Å². The van der Waals surface area contributed by atoms with Crippen LogP contribution >= 0.6 is 0 Å². The van der Waals surface area contributed by atoms with E-state index in [1.807, 2.05) is 4.90 Å². The van der Waals surface area contributed by atoms with E-state index in [9.17, 15) is 4.79 Å². The molecule has 1 atom stereocenters. The largest absolute Gasteiger partial charge is 0.409 e. The van der Waals surface area contributed by atoms with Gasteiger partial charge in [-0.25, -0.2) is 0 Å². The molecule has 2 fully saturated rings. The van der Waals surface area contributed by atoms with Crippen molar-refractivity contribution in [3.63, 3.8) is 0 Å². The fraction of sp³-hybridized carbons (Fsp3) is 0.833. The zero-order valence-corrected chi connectivity index (χ0v) is 11.1. The average molecular weight is 254 g/mol. The predicted octanol–water partition coefficient (Wildman–Crippen LogP) is 0.0656. The van der Waals surface area contributed by atoms with E-state index in [0.29, 0.717) is 18.9 Å². The van der Waals surface area contributed by atoms with Crippen molar-refractivity contribution in [3.05, 3.63) is 0 Å². The fourth-order valence-corrected chi connectivity index (χ4v) is 2.74. The van der Waals surface area contributed by atoms with Gasteiger partial charge in [0, 0.05) is 25.7 Å². The molecule has 6 nitrogen and oxygen atoms in total. The molecule has 3 N–H and O–H groups in total. The number of hydrogen-bond donors (Lipinski definition) is 2. The average Bonchev–Trinajstić information content (AvgIpc) is 2.30. The van der Waals surface area contributed by atoms with Gasteiger partial charge in [-0.3, -0.25) is 4.79 Å². The minimum Gasteiger partial charge on any atom is -0.409 e. The summed E-state index contributed by atoms with van der Waals surface area (Å²) in [5.74, 6) is 0.106. The third-order valence-corrected chi connectivity index (χ3v) is 4.46. The van der Waals surface area contributed by atoms with Crippen molar-refractivity contribution in [1.82, 2.24) is 9.80 Å². The van der Waals surface area contributed by atoms with Gasteiger partial charge in [-0.05, 0) is 26.8 Å². The number of amidine groups is 1. The number of oxime groups is 1. The quantitative estimate of drug-likeness (QED) is 0.316. The van der Waals surface area contributed by atoms with Crippen LogP contribution in [0.25, 0.3) is 0 Å². The number of likely N-dealkylation sites (N-methyl/N-ethyl adjacent to an activating group) is 1. The first-order chi connectivity index (χ1) is 8.51. The molecular formula is C12H22N4O2. The van der Waals surface area contributed by atoms with E-state index in [0.717, 1.165) is 26.1 Å². The summed E-state index contributed by atoms with van der Waals surface area (Å²) >= 11 is 0. The molecule has 0 spiro atoms. The molecule has 1 saturated heterocycles. The van der Waals surface area contributed by atoms with Crippen molar-refractivity contribution in [2.24, 2.45) is 16.3 Å². The summed E-state index contributed by atoms with van der Waals surface area (Å²) in [6.07, 6.45) is 2.36. The van der Waals surface area contributed by atoms with E-state index in [2.05, 4.69) is 24.0 Å². The highest BCUT2D eigenvalue weighted by Crippen LogP contribution is 2.43. The van der Waals surface area contributed by atoms with Crippen LogP contribution in [0.1, 0.15) is 26.2 Å². The minimum absolute atomic E-state index is 0.0315. The Bertz CT molecular complexity index is 365. The summed E-state index contributed by atoms with van der Waals surface area (Å²) in [5.41, 5.74) is 4.99. The zero-order chi connectivity index (χ0) is 13.3. The van der Waals surface area contributed by atoms with Crippen molar-refractivity contribution < 1.29 is 10.0 Å². The van der Waals surface area contributed by atoms with Crippen LogP contribution in [0.15, 0.2) is 5.16 Å². The van der Waals surface area contributed by atoms with Gasteiger partial charge in [-0.2, -0.15) is 0 Å². The first-order valence-corrected chi connectivity index (χ1v) is 6.49. The lowest BCUT2D eigenvalue weighted by atomic mass is 9.66. The van der Waals surface area contributed by atoms with Crippen LogP contribution in [0.2, 0.25) is 0 Å². The number of rotatable bonds is 2. The van der Waals surface area contributed by atoms with Crippen molar-refractivity contribution in [3.8, 4) is 0 Å². The molecule has 2 rings (SSSR count). The lowest BCUT2D eigenvalue weighted by Gasteiger charge is -2.45. The minimum atomic E-state index is -0.732. The smallest absolute Gasteiger partial charge is 0.236 e. The second-order valence-corrected chi connectivity index (χ2v) is 5.50. The number of carbonyl (C=O) groups is 1. The van der Waals surface area contributed by atoms with E-state index in [-0.39, 0.29) is 11.7 Å². The molecule has 18 heavy (non-hydrogen) atoms. The van der Waals surface area contributed by atoms with Crippen molar-refractivity contribution in [2.75, 3.05) is 26.7 Å². The summed E-state index contributed by atoms with van der Waals surface area (Å²) < 4.78 is 0. The van der Waals surface area contributed by atoms with Crippen LogP contribution in [0.5, 0.6) is 0 Å². The van der Waals surface area contributed by atoms with Crippen LogP contribution in [0.3, 0.4) is 0 Å². The van der Waals surface area contributed by atoms with Crippen LogP contribution < -0.4 is 5.73 Å². The normalized spacial score (nSPS) is 28.9. The van der Waals surface area contributed by atoms with E-state index < -0.39 is 5.41 Å². The number of nitrogens with two attached hydrogens (primary N) is 1. The molecule has 0 aromatic rings. The van der Waals surface area contributed by atoms with E-state index >= 15 is 0 Å². The number of nitrogens with zero attached hydrogens (tertiary/aromatic N) is 3. The Morgan fingerprint density at radius 3 is 2.56 bits per heavy atom. The Morgan fingerprint density at radius 2 is 2.11 bits per heavy atom. The Kier molecular flexibility index (Phi) is 3.47. The van der Waals surface area contributed by atoms with Crippen LogP contribution in [0.4, 0.5) is 0 Å². The molecular weight excluding hydrogens is 232 g/mol. The molecule has 1 amide bonds. The first-order valence-electron chi connectivity index (χ1n) is 6.49. The van der Waals surface area contributed by atoms with Crippen molar-refractivity contribution in [2.45, 2.75) is 32.2 Å². The first kappa shape index (κ1) is 13.1. The van der Waals surface area contributed by atoms with E-state index in [1.165, 1.54) is 0 Å². The molecule has 1 unspecified atom stereocenters. The highest BCUT2D eigenvalue weighted by atomic mass is 16.4. The van der Waals surface area contributed by atoms with Crippen LogP contribution in [0, 0.1) is 5.41 Å². The lowest BCUT2D eigenvalue weighted by molar-refractivity contribution is -0.144. The number of carbonyl (C=O) groups excluding carboxylic acids is 1. The third-order valence-electron chi connectivity index (χ3n) is 4.46. The maximum atomic E-state index is 12.6. The highest BCUT2D eigenvalue weighted by Gasteiger charge is 2.50. The number of hydrogen-bond acceptors (Lipinski definition) is 4. The second kappa shape index (κ2) is 4.76. The SMILES string of the molecule is CC1CN(C(=O)C2(C(N)=NO)CCC2)CCN1C. The molecule has 1 saturated carbocycles. The summed E-state index contributed by atoms with van der Waals surface area (Å²) in [7, 11) is 2.06. The summed E-state index contributed by atoms with van der Waals surface area (Å²) in [6, 6.07) is 0.354. The molecule has 0 aromatic heterocycles. The standard InChI is InChI=1S/C12H22N4O2/c1-9-8-16(7-6-15(9)2)11(17)12(4-3-5-12)10(13)14-18/h9,18H,3-8H2,1-2H3,(H2,13,14). The second-order valence-electron chi connectivity index (χ2n) is 5.50. The number of amides is 1. The topological polar surface area (TPSA) is 82.2 Å². The van der Waals surface area contributed by atoms with Gasteiger partial charge in [0.15, 0.2) is 5.84 Å². The van der Waals surface area contributed by atoms with E-state index in [4.69, 9.17) is 10.9 Å². The van der Waals surface area contributed by atoms with Crippen molar-refractivity contribution >= 4 is 11.7 Å². The third kappa shape index (κ3) is 1.94. The summed E-state index contributed by atoms with van der Waals surface area (Å²) in [4.78, 5) is 16.7. The Hall–Kier alpha value is -1.30. The van der Waals surface area contributed by atoms with Gasteiger partial charge in [0.2, 0.25) is 5.91 Å². The molecule has 6 heteroatoms. The van der Waals surface area contributed by atoms with Gasteiger partial charge in [-0.1, -0.05) is 11.6 Å². The maximum Gasteiger partial charge on any atom is 0.236 e. The van der Waals surface area contributed by atoms with Gasteiger partial charge >= 0.3 is 0 Å². The molecule has 102 valence electrons. The zero-order valence-electron chi connectivity index (χ0n) is 11.1. The Morgan fingerprint density at radius 1 is 1.44 bits per heavy atom. The van der Waals surface area contributed by atoms with Gasteiger partial charge < -0.3 is 20.7 Å². The molecule has 1 aliphatic heterocycles. The molecule has 1 aliphatic carbocycles. The van der Waals surface area contributed by atoms with Gasteiger partial charge in [-0.15, -0.1) is 0 Å². The predicted molar refractivity (Wildman–Crippen MR) is 68.4 cm³/mol. The molecule has 0 radical (unpaired) electrons. The van der Waals surface area contributed by atoms with Crippen molar-refractivity contribution in [1.29, 1.82) is 0 Å². The molecule has 1 heterocycles. The molecule has 0 bridgehead atoms. The van der Waals surface area contributed by atoms with Crippen LogP contribution in [-0.4, -0.2) is 59.5 Å². The van der Waals surface area contributed by atoms with Gasteiger partial charge in [0.05, 0.1) is 0 Å². The lowest BCUT2D eigenvalue weighted by Crippen LogP contribution is -2.60. The summed E-state index contributed by atoms with van der Waals surface area (Å²) in [5, 5.41) is 11.9. The molecule has 0 aromatic carbocycles. The fourth-order valence-electron chi connectivity index (χ4n) is 2.74. The summed E-state index contributed by atoms with van der Waals surface area (Å²) in [6.45, 7) is 4.42. The van der Waals surface area contributed by atoms with Gasteiger partial charge in [0.1, 0.15) is 5.41 Å². The highest BCUT2D eigenvalue weighted by molar-refractivity contribution is 6.07. The maximum absolute atomic E-state index is 12.6. The van der Waals surface area contributed by atoms with Gasteiger partial charge in [0.25, 0.3) is 0 Å². The Balaban J connectivity index is 2.11. The Labute approximate surface area is 107 Å². The molecule has 2 aliphatic rings. The van der Waals surface area contributed by atoms with E-state index in [1.54, 1.807) is 0 Å². The number of piperazine rings is 1.